The van der Waals surface area contributed by atoms with E-state index in [-0.39, 0.29) is 6.04 Å². The smallest absolute Gasteiger partial charge is 0.249 e. The van der Waals surface area contributed by atoms with Gasteiger partial charge in [-0.2, -0.15) is 4.98 Å². The third-order valence-corrected chi connectivity index (χ3v) is 5.01. The van der Waals surface area contributed by atoms with Gasteiger partial charge in [0.25, 0.3) is 0 Å². The Kier molecular flexibility index (Phi) is 3.17. The minimum Gasteiger partial charge on any atom is -0.373 e. The predicted molar refractivity (Wildman–Crippen MR) is 81.2 cm³/mol. The number of benzene rings is 1. The zero-order chi connectivity index (χ0) is 14.2. The van der Waals surface area contributed by atoms with Crippen LogP contribution in [0.4, 0.5) is 5.69 Å². The Morgan fingerprint density at radius 2 is 2.19 bits per heavy atom. The maximum absolute atomic E-state index is 5.54. The summed E-state index contributed by atoms with van der Waals surface area (Å²) in [7, 11) is 0. The van der Waals surface area contributed by atoms with E-state index in [1.807, 2.05) is 0 Å². The van der Waals surface area contributed by atoms with Gasteiger partial charge in [0, 0.05) is 18.0 Å². The number of anilines is 1. The van der Waals surface area contributed by atoms with Crippen molar-refractivity contribution < 1.29 is 4.52 Å². The lowest BCUT2D eigenvalue weighted by molar-refractivity contribution is 0.356. The molecule has 3 atom stereocenters. The van der Waals surface area contributed by atoms with Crippen LogP contribution in [-0.2, 0) is 6.42 Å². The normalized spacial score (nSPS) is 27.6. The number of para-hydroxylation sites is 1. The van der Waals surface area contributed by atoms with Crippen LogP contribution in [0.25, 0.3) is 0 Å². The Hall–Kier alpha value is -1.84. The van der Waals surface area contributed by atoms with E-state index in [0.29, 0.717) is 5.92 Å². The molecule has 2 heterocycles. The van der Waals surface area contributed by atoms with Crippen LogP contribution in [0.1, 0.15) is 61.8 Å². The van der Waals surface area contributed by atoms with E-state index in [1.165, 1.54) is 36.9 Å². The maximum atomic E-state index is 5.54. The zero-order valence-corrected chi connectivity index (χ0v) is 12.4. The molecule has 2 aromatic rings. The second-order valence-electron chi connectivity index (χ2n) is 6.33. The molecule has 0 saturated heterocycles. The quantitative estimate of drug-likeness (QED) is 0.922. The van der Waals surface area contributed by atoms with Gasteiger partial charge in [-0.15, -0.1) is 0 Å². The molecular weight excluding hydrogens is 262 g/mol. The molecule has 0 amide bonds. The third-order valence-electron chi connectivity index (χ3n) is 5.01. The lowest BCUT2D eigenvalue weighted by Crippen LogP contribution is -2.06. The number of aromatic nitrogens is 2. The van der Waals surface area contributed by atoms with Gasteiger partial charge in [0.2, 0.25) is 5.89 Å². The average molecular weight is 283 g/mol. The lowest BCUT2D eigenvalue weighted by atomic mass is 10.0. The van der Waals surface area contributed by atoms with Crippen molar-refractivity contribution in [2.24, 2.45) is 5.92 Å². The molecule has 2 aliphatic rings. The van der Waals surface area contributed by atoms with E-state index in [0.717, 1.165) is 24.1 Å². The van der Waals surface area contributed by atoms with Crippen LogP contribution in [0.5, 0.6) is 0 Å². The fourth-order valence-corrected chi connectivity index (χ4v) is 3.68. The van der Waals surface area contributed by atoms with E-state index in [1.54, 1.807) is 0 Å². The monoisotopic (exact) mass is 283 g/mol. The van der Waals surface area contributed by atoms with Gasteiger partial charge < -0.3 is 9.84 Å². The summed E-state index contributed by atoms with van der Waals surface area (Å²) in [5.41, 5.74) is 2.52. The van der Waals surface area contributed by atoms with Gasteiger partial charge in [-0.3, -0.25) is 0 Å². The van der Waals surface area contributed by atoms with Crippen LogP contribution < -0.4 is 5.32 Å². The van der Waals surface area contributed by atoms with E-state index in [4.69, 9.17) is 4.52 Å². The molecule has 1 aliphatic heterocycles. The van der Waals surface area contributed by atoms with Crippen LogP contribution in [0, 0.1) is 5.92 Å². The average Bonchev–Trinajstić information content (AvgIpc) is 3.24. The summed E-state index contributed by atoms with van der Waals surface area (Å²) in [6.45, 7) is 2.27. The summed E-state index contributed by atoms with van der Waals surface area (Å²) < 4.78 is 5.54. The van der Waals surface area contributed by atoms with Gasteiger partial charge in [-0.1, -0.05) is 36.7 Å². The summed E-state index contributed by atoms with van der Waals surface area (Å²) in [6, 6.07) is 8.52. The number of nitrogens with zero attached hydrogens (tertiary/aromatic N) is 2. The summed E-state index contributed by atoms with van der Waals surface area (Å²) in [5.74, 6) is 2.99. The van der Waals surface area contributed by atoms with Crippen molar-refractivity contribution in [2.75, 3.05) is 5.32 Å². The molecule has 1 fully saturated rings. The fraction of sp³-hybridized carbons (Fsp3) is 0.529. The van der Waals surface area contributed by atoms with Crippen molar-refractivity contribution in [3.63, 3.8) is 0 Å². The van der Waals surface area contributed by atoms with Crippen molar-refractivity contribution >= 4 is 5.69 Å². The number of hydrogen-bond donors (Lipinski definition) is 1. The molecule has 110 valence electrons. The Morgan fingerprint density at radius 3 is 3.00 bits per heavy atom. The summed E-state index contributed by atoms with van der Waals surface area (Å²) >= 11 is 0. The molecule has 1 aliphatic carbocycles. The molecule has 0 radical (unpaired) electrons. The number of rotatable bonds is 3. The van der Waals surface area contributed by atoms with E-state index in [9.17, 15) is 0 Å². The second kappa shape index (κ2) is 5.17. The van der Waals surface area contributed by atoms with Crippen LogP contribution in [0.15, 0.2) is 28.8 Å². The fourth-order valence-electron chi connectivity index (χ4n) is 3.68. The van der Waals surface area contributed by atoms with Gasteiger partial charge in [-0.05, 0) is 36.8 Å². The Bertz CT molecular complexity index is 611. The number of fused-ring (bicyclic) bond motifs is 1. The highest BCUT2D eigenvalue weighted by Crippen LogP contribution is 2.39. The Morgan fingerprint density at radius 1 is 1.29 bits per heavy atom. The van der Waals surface area contributed by atoms with Gasteiger partial charge in [0.05, 0.1) is 0 Å². The van der Waals surface area contributed by atoms with Crippen LogP contribution in [0.3, 0.4) is 0 Å². The molecule has 21 heavy (non-hydrogen) atoms. The van der Waals surface area contributed by atoms with Gasteiger partial charge >= 0.3 is 0 Å². The first-order valence-corrected chi connectivity index (χ1v) is 8.01. The van der Waals surface area contributed by atoms with Gasteiger partial charge in [-0.25, -0.2) is 0 Å². The highest BCUT2D eigenvalue weighted by Gasteiger charge is 2.31. The Labute approximate surface area is 124 Å². The van der Waals surface area contributed by atoms with Crippen molar-refractivity contribution in [3.05, 3.63) is 41.5 Å². The highest BCUT2D eigenvalue weighted by molar-refractivity contribution is 5.56. The van der Waals surface area contributed by atoms with E-state index < -0.39 is 0 Å². The van der Waals surface area contributed by atoms with Crippen molar-refractivity contribution in [1.29, 1.82) is 0 Å². The Balaban J connectivity index is 1.49. The van der Waals surface area contributed by atoms with E-state index >= 15 is 0 Å². The molecular formula is C17H21N3O. The van der Waals surface area contributed by atoms with E-state index in [2.05, 4.69) is 46.6 Å². The summed E-state index contributed by atoms with van der Waals surface area (Å²) in [5, 5.41) is 7.73. The summed E-state index contributed by atoms with van der Waals surface area (Å²) in [6.07, 6.45) is 5.92. The standard InChI is InChI=1S/C17H21N3O/c1-2-11-7-8-13(9-11)16-19-17(21-20-16)15-10-12-5-3-4-6-14(12)18-15/h3-6,11,13,15,18H,2,7-10H2,1H3. The first-order chi connectivity index (χ1) is 10.3. The van der Waals surface area contributed by atoms with Gasteiger partial charge in [0.15, 0.2) is 5.82 Å². The van der Waals surface area contributed by atoms with Crippen molar-refractivity contribution in [2.45, 2.75) is 51.0 Å². The number of hydrogen-bond acceptors (Lipinski definition) is 4. The minimum absolute atomic E-state index is 0.132. The van der Waals surface area contributed by atoms with Gasteiger partial charge in [0.1, 0.15) is 6.04 Å². The van der Waals surface area contributed by atoms with Crippen LogP contribution >= 0.6 is 0 Å². The topological polar surface area (TPSA) is 51.0 Å². The van der Waals surface area contributed by atoms with Crippen LogP contribution in [-0.4, -0.2) is 10.1 Å². The first kappa shape index (κ1) is 12.9. The predicted octanol–water partition coefficient (Wildman–Crippen LogP) is 4.07. The SMILES string of the molecule is CCC1CCC(c2noc(C3Cc4ccccc4N3)n2)C1. The molecule has 1 aromatic heterocycles. The molecule has 1 saturated carbocycles. The summed E-state index contributed by atoms with van der Waals surface area (Å²) in [4.78, 5) is 4.69. The molecule has 1 N–H and O–H groups in total. The lowest BCUT2D eigenvalue weighted by Gasteiger charge is -2.06. The molecule has 0 bridgehead atoms. The third kappa shape index (κ3) is 2.33. The molecule has 4 nitrogen and oxygen atoms in total. The maximum Gasteiger partial charge on any atom is 0.249 e. The zero-order valence-electron chi connectivity index (χ0n) is 12.4. The van der Waals surface area contributed by atoms with Crippen molar-refractivity contribution in [1.82, 2.24) is 10.1 Å². The molecule has 4 rings (SSSR count). The molecule has 0 spiro atoms. The largest absolute Gasteiger partial charge is 0.373 e. The van der Waals surface area contributed by atoms with Crippen molar-refractivity contribution in [3.8, 4) is 0 Å². The first-order valence-electron chi connectivity index (χ1n) is 8.01. The minimum atomic E-state index is 0.132. The molecule has 1 aromatic carbocycles. The van der Waals surface area contributed by atoms with Crippen LogP contribution in [0.2, 0.25) is 0 Å². The molecule has 3 unspecified atom stereocenters. The number of nitrogens with one attached hydrogen (secondary N) is 1. The second-order valence-corrected chi connectivity index (χ2v) is 6.33. The molecule has 4 heteroatoms. The highest BCUT2D eigenvalue weighted by atomic mass is 16.5.